The molecule has 4 heteroatoms. The Kier molecular flexibility index (Phi) is 5.84. The molecule has 0 saturated carbocycles. The molecule has 10 rings (SSSR count). The van der Waals surface area contributed by atoms with Gasteiger partial charge in [-0.1, -0.05) is 127 Å². The molecule has 7 aromatic carbocycles. The molecular formula is C44H26N2O2. The highest BCUT2D eigenvalue weighted by Gasteiger charge is 2.21. The van der Waals surface area contributed by atoms with Crippen LogP contribution in [0.4, 0.5) is 0 Å². The zero-order valence-corrected chi connectivity index (χ0v) is 25.7. The van der Waals surface area contributed by atoms with Gasteiger partial charge in [0.05, 0.1) is 0 Å². The molecule has 0 N–H and O–H groups in total. The zero-order chi connectivity index (χ0) is 31.6. The van der Waals surface area contributed by atoms with Crippen molar-refractivity contribution in [2.45, 2.75) is 0 Å². The number of furan rings is 2. The Bertz CT molecular complexity index is 2810. The van der Waals surface area contributed by atoms with Gasteiger partial charge in [0, 0.05) is 32.7 Å². The first kappa shape index (κ1) is 26.7. The maximum Gasteiger partial charge on any atom is 0.180 e. The molecule has 48 heavy (non-hydrogen) atoms. The van der Waals surface area contributed by atoms with Gasteiger partial charge in [-0.25, -0.2) is 9.97 Å². The third-order valence-corrected chi connectivity index (χ3v) is 9.31. The maximum atomic E-state index is 6.55. The minimum atomic E-state index is 0.642. The first-order chi connectivity index (χ1) is 23.8. The van der Waals surface area contributed by atoms with E-state index in [0.29, 0.717) is 11.4 Å². The predicted molar refractivity (Wildman–Crippen MR) is 196 cm³/mol. The summed E-state index contributed by atoms with van der Waals surface area (Å²) in [5, 5.41) is 5.11. The molecule has 3 aromatic heterocycles. The van der Waals surface area contributed by atoms with Crippen LogP contribution in [0.15, 0.2) is 167 Å². The highest BCUT2D eigenvalue weighted by molar-refractivity contribution is 6.19. The van der Waals surface area contributed by atoms with E-state index in [1.54, 1.807) is 0 Å². The van der Waals surface area contributed by atoms with E-state index < -0.39 is 0 Å². The molecule has 3 heterocycles. The Balaban J connectivity index is 1.24. The Hall–Kier alpha value is -6.52. The monoisotopic (exact) mass is 614 g/mol. The number of nitrogens with zero attached hydrogens (tertiary/aromatic N) is 2. The fourth-order valence-corrected chi connectivity index (χ4v) is 6.95. The van der Waals surface area contributed by atoms with Gasteiger partial charge in [0.2, 0.25) is 0 Å². The predicted octanol–water partition coefficient (Wildman–Crippen LogP) is 12.1. The lowest BCUT2D eigenvalue weighted by atomic mass is 9.98. The lowest BCUT2D eigenvalue weighted by molar-refractivity contribution is 0.667. The Morgan fingerprint density at radius 1 is 0.354 bits per heavy atom. The molecule has 0 saturated heterocycles. The third kappa shape index (κ3) is 4.16. The number of benzene rings is 7. The number of para-hydroxylation sites is 1. The normalized spacial score (nSPS) is 11.8. The summed E-state index contributed by atoms with van der Waals surface area (Å²) >= 11 is 0. The molecule has 10 aromatic rings. The van der Waals surface area contributed by atoms with Crippen LogP contribution in [-0.4, -0.2) is 9.97 Å². The molecule has 0 amide bonds. The van der Waals surface area contributed by atoms with Crippen molar-refractivity contribution >= 4 is 54.8 Å². The lowest BCUT2D eigenvalue weighted by Gasteiger charge is -2.10. The molecule has 0 bridgehead atoms. The third-order valence-electron chi connectivity index (χ3n) is 9.31. The molecule has 0 unspecified atom stereocenters. The minimum absolute atomic E-state index is 0.642. The van der Waals surface area contributed by atoms with Crippen LogP contribution in [0, 0.1) is 0 Å². The molecule has 0 aliphatic heterocycles. The van der Waals surface area contributed by atoms with E-state index in [1.165, 1.54) is 11.1 Å². The van der Waals surface area contributed by atoms with Crippen LogP contribution in [0.25, 0.3) is 99.7 Å². The van der Waals surface area contributed by atoms with Crippen LogP contribution in [-0.2, 0) is 0 Å². The van der Waals surface area contributed by atoms with Crippen molar-refractivity contribution in [1.29, 1.82) is 0 Å². The maximum absolute atomic E-state index is 6.55. The standard InChI is InChI=1S/C44H26N2O2/c1-3-11-27(12-4-1)29-19-21-30(22-20-29)40-43-41(34-17-9-10-18-38(34)48-43)46-44(45-40)37-26-36-35-25-31(28-13-5-2-6-14-28)23-24-39(35)47-42(36)33-16-8-7-15-32(33)37/h1-26H. The smallest absolute Gasteiger partial charge is 0.180 e. The molecule has 0 aliphatic carbocycles. The van der Waals surface area contributed by atoms with Crippen LogP contribution >= 0.6 is 0 Å². The largest absolute Gasteiger partial charge is 0.455 e. The first-order valence-corrected chi connectivity index (χ1v) is 16.1. The number of fused-ring (bicyclic) bond motifs is 8. The van der Waals surface area contributed by atoms with Crippen molar-refractivity contribution in [3.05, 3.63) is 158 Å². The van der Waals surface area contributed by atoms with Gasteiger partial charge >= 0.3 is 0 Å². The van der Waals surface area contributed by atoms with E-state index in [9.17, 15) is 0 Å². The molecule has 0 radical (unpaired) electrons. The SMILES string of the molecule is c1ccc(-c2ccc(-c3nc(-c4cc5c6cc(-c7ccccc7)ccc6oc5c5ccccc45)nc4c3oc3ccccc34)cc2)cc1. The fraction of sp³-hybridized carbons (Fsp3) is 0. The molecule has 0 spiro atoms. The van der Waals surface area contributed by atoms with Crippen LogP contribution in [0.2, 0.25) is 0 Å². The number of rotatable bonds is 4. The van der Waals surface area contributed by atoms with E-state index in [4.69, 9.17) is 18.8 Å². The van der Waals surface area contributed by atoms with E-state index in [-0.39, 0.29) is 0 Å². The average Bonchev–Trinajstić information content (AvgIpc) is 3.73. The summed E-state index contributed by atoms with van der Waals surface area (Å²) < 4.78 is 13.0. The van der Waals surface area contributed by atoms with Gasteiger partial charge < -0.3 is 8.83 Å². The van der Waals surface area contributed by atoms with Crippen LogP contribution in [0.1, 0.15) is 0 Å². The molecule has 0 aliphatic rings. The summed E-state index contributed by atoms with van der Waals surface area (Å²) in [4.78, 5) is 10.5. The first-order valence-electron chi connectivity index (χ1n) is 16.1. The Labute approximate surface area is 275 Å². The second-order valence-corrected chi connectivity index (χ2v) is 12.1. The summed E-state index contributed by atoms with van der Waals surface area (Å²) in [6.45, 7) is 0. The van der Waals surface area contributed by atoms with Gasteiger partial charge in [-0.3, -0.25) is 0 Å². The number of hydrogen-bond donors (Lipinski definition) is 0. The van der Waals surface area contributed by atoms with Crippen LogP contribution in [0.3, 0.4) is 0 Å². The highest BCUT2D eigenvalue weighted by atomic mass is 16.3. The summed E-state index contributed by atoms with van der Waals surface area (Å²) in [7, 11) is 0. The second-order valence-electron chi connectivity index (χ2n) is 12.1. The van der Waals surface area contributed by atoms with Crippen molar-refractivity contribution < 1.29 is 8.83 Å². The van der Waals surface area contributed by atoms with Gasteiger partial charge in [0.15, 0.2) is 11.4 Å². The van der Waals surface area contributed by atoms with E-state index in [2.05, 4.69) is 127 Å². The van der Waals surface area contributed by atoms with Gasteiger partial charge in [0.1, 0.15) is 28.0 Å². The van der Waals surface area contributed by atoms with Crippen molar-refractivity contribution in [2.24, 2.45) is 0 Å². The topological polar surface area (TPSA) is 52.1 Å². The molecule has 0 fully saturated rings. The summed E-state index contributed by atoms with van der Waals surface area (Å²) in [5.41, 5.74) is 11.3. The fourth-order valence-electron chi connectivity index (χ4n) is 6.95. The van der Waals surface area contributed by atoms with E-state index in [0.717, 1.165) is 77.1 Å². The molecule has 4 nitrogen and oxygen atoms in total. The van der Waals surface area contributed by atoms with Gasteiger partial charge in [0.25, 0.3) is 0 Å². The lowest BCUT2D eigenvalue weighted by Crippen LogP contribution is -1.95. The summed E-state index contributed by atoms with van der Waals surface area (Å²) in [6, 6.07) is 54.4. The second kappa shape index (κ2) is 10.5. The van der Waals surface area contributed by atoms with Gasteiger partial charge in [-0.05, 0) is 58.0 Å². The summed E-state index contributed by atoms with van der Waals surface area (Å²) in [5.74, 6) is 0.642. The van der Waals surface area contributed by atoms with Crippen LogP contribution in [0.5, 0.6) is 0 Å². The Morgan fingerprint density at radius 2 is 0.917 bits per heavy atom. The van der Waals surface area contributed by atoms with Crippen LogP contribution < -0.4 is 0 Å². The quantitative estimate of drug-likeness (QED) is 0.198. The molecular weight excluding hydrogens is 588 g/mol. The van der Waals surface area contributed by atoms with Crippen molar-refractivity contribution in [1.82, 2.24) is 9.97 Å². The molecule has 0 atom stereocenters. The van der Waals surface area contributed by atoms with Gasteiger partial charge in [-0.15, -0.1) is 0 Å². The van der Waals surface area contributed by atoms with Crippen molar-refractivity contribution in [3.63, 3.8) is 0 Å². The number of aromatic nitrogens is 2. The van der Waals surface area contributed by atoms with E-state index >= 15 is 0 Å². The average molecular weight is 615 g/mol. The Morgan fingerprint density at radius 3 is 1.69 bits per heavy atom. The minimum Gasteiger partial charge on any atom is -0.455 e. The summed E-state index contributed by atoms with van der Waals surface area (Å²) in [6.07, 6.45) is 0. The number of hydrogen-bond acceptors (Lipinski definition) is 4. The van der Waals surface area contributed by atoms with Gasteiger partial charge in [-0.2, -0.15) is 0 Å². The zero-order valence-electron chi connectivity index (χ0n) is 25.7. The molecule has 224 valence electrons. The van der Waals surface area contributed by atoms with Crippen molar-refractivity contribution in [2.75, 3.05) is 0 Å². The van der Waals surface area contributed by atoms with Crippen molar-refractivity contribution in [3.8, 4) is 44.9 Å². The van der Waals surface area contributed by atoms with E-state index in [1.807, 2.05) is 30.3 Å². The highest BCUT2D eigenvalue weighted by Crippen LogP contribution is 2.42.